The van der Waals surface area contributed by atoms with Crippen molar-refractivity contribution in [2.24, 2.45) is 11.8 Å². The van der Waals surface area contributed by atoms with Crippen molar-refractivity contribution in [3.8, 4) is 5.88 Å². The summed E-state index contributed by atoms with van der Waals surface area (Å²) >= 11 is 0. The van der Waals surface area contributed by atoms with Gasteiger partial charge < -0.3 is 20.7 Å². The van der Waals surface area contributed by atoms with Crippen LogP contribution in [0.5, 0.6) is 5.88 Å². The fourth-order valence-corrected chi connectivity index (χ4v) is 3.22. The van der Waals surface area contributed by atoms with E-state index in [4.69, 9.17) is 0 Å². The number of pyridine rings is 1. The molecule has 11 heteroatoms. The number of nitrogens with one attached hydrogen (secondary N) is 3. The molecule has 3 aromatic heterocycles. The maximum Gasteiger partial charge on any atom is 0.388 e. The van der Waals surface area contributed by atoms with Crippen LogP contribution in [0.3, 0.4) is 0 Å². The number of hydrogen-bond donors (Lipinski definition) is 3. The molecular formula is C19H21F2N7O2. The maximum absolute atomic E-state index is 12.7. The number of halogens is 2. The first-order valence-corrected chi connectivity index (χ1v) is 9.48. The SMILES string of the molecule is CNc1cc(Nc2cccnc2OC(F)F)nc2c(NC(=O)C[C@@H]3C[C@@H]3C)cnn12. The molecule has 2 atom stereocenters. The third-order valence-electron chi connectivity index (χ3n) is 4.96. The number of amides is 1. The number of ether oxygens (including phenoxy) is 1. The normalized spacial score (nSPS) is 17.8. The molecule has 3 aromatic rings. The minimum Gasteiger partial charge on any atom is -0.415 e. The van der Waals surface area contributed by atoms with Crippen LogP contribution in [0.4, 0.5) is 31.8 Å². The summed E-state index contributed by atoms with van der Waals surface area (Å²) in [5.74, 6) is 1.58. The van der Waals surface area contributed by atoms with E-state index in [0.29, 0.717) is 41.2 Å². The van der Waals surface area contributed by atoms with Crippen molar-refractivity contribution in [3.63, 3.8) is 0 Å². The van der Waals surface area contributed by atoms with Crippen LogP contribution in [0, 0.1) is 11.8 Å². The van der Waals surface area contributed by atoms with E-state index in [-0.39, 0.29) is 17.5 Å². The molecule has 0 unspecified atom stereocenters. The second kappa shape index (κ2) is 8.09. The smallest absolute Gasteiger partial charge is 0.388 e. The van der Waals surface area contributed by atoms with Gasteiger partial charge in [0.25, 0.3) is 0 Å². The van der Waals surface area contributed by atoms with Gasteiger partial charge in [-0.3, -0.25) is 4.79 Å². The van der Waals surface area contributed by atoms with Gasteiger partial charge >= 0.3 is 6.61 Å². The molecule has 0 radical (unpaired) electrons. The maximum atomic E-state index is 12.7. The highest BCUT2D eigenvalue weighted by Gasteiger charge is 2.34. The average molecular weight is 417 g/mol. The van der Waals surface area contributed by atoms with E-state index in [0.717, 1.165) is 6.42 Å². The Morgan fingerprint density at radius 1 is 1.40 bits per heavy atom. The predicted octanol–water partition coefficient (Wildman–Crippen LogP) is 3.50. The Morgan fingerprint density at radius 3 is 2.90 bits per heavy atom. The van der Waals surface area contributed by atoms with Crippen LogP contribution in [0.15, 0.2) is 30.6 Å². The third kappa shape index (κ3) is 4.24. The van der Waals surface area contributed by atoms with Gasteiger partial charge in [-0.25, -0.2) is 9.97 Å². The Balaban J connectivity index is 1.62. The van der Waals surface area contributed by atoms with Gasteiger partial charge in [-0.1, -0.05) is 6.92 Å². The Morgan fingerprint density at radius 2 is 2.20 bits per heavy atom. The molecule has 3 heterocycles. The van der Waals surface area contributed by atoms with Crippen molar-refractivity contribution in [1.29, 1.82) is 0 Å². The first-order valence-electron chi connectivity index (χ1n) is 9.48. The lowest BCUT2D eigenvalue weighted by Crippen LogP contribution is -2.13. The summed E-state index contributed by atoms with van der Waals surface area (Å²) in [5, 5.41) is 13.1. The van der Waals surface area contributed by atoms with Gasteiger partial charge in [0.05, 0.1) is 6.20 Å². The average Bonchev–Trinajstić information content (AvgIpc) is 3.24. The molecule has 9 nitrogen and oxygen atoms in total. The van der Waals surface area contributed by atoms with E-state index < -0.39 is 6.61 Å². The standard InChI is InChI=1S/C19H21F2N7O2/c1-10-6-11(10)7-16(29)26-13-9-24-28-15(22-2)8-14(27-17(13)28)25-12-4-3-5-23-18(12)30-19(20)21/h3-5,8-11,19,22H,6-7H2,1-2H3,(H,25,27)(H,26,29)/t10-,11-/m0/s1. The lowest BCUT2D eigenvalue weighted by atomic mass is 10.2. The molecule has 158 valence electrons. The number of rotatable bonds is 8. The van der Waals surface area contributed by atoms with E-state index >= 15 is 0 Å². The number of alkyl halides is 2. The van der Waals surface area contributed by atoms with Gasteiger partial charge in [0.1, 0.15) is 23.0 Å². The van der Waals surface area contributed by atoms with Gasteiger partial charge in [0.2, 0.25) is 11.8 Å². The summed E-state index contributed by atoms with van der Waals surface area (Å²) in [6, 6.07) is 4.78. The van der Waals surface area contributed by atoms with Gasteiger partial charge in [-0.05, 0) is 30.4 Å². The van der Waals surface area contributed by atoms with E-state index in [1.807, 2.05) is 0 Å². The molecule has 1 amide bonds. The lowest BCUT2D eigenvalue weighted by molar-refractivity contribution is -0.116. The summed E-state index contributed by atoms with van der Waals surface area (Å²) in [5.41, 5.74) is 1.09. The molecule has 1 saturated carbocycles. The first kappa shape index (κ1) is 19.8. The van der Waals surface area contributed by atoms with Crippen LogP contribution in [-0.2, 0) is 4.79 Å². The van der Waals surface area contributed by atoms with Crippen LogP contribution in [0.2, 0.25) is 0 Å². The molecule has 0 saturated heterocycles. The van der Waals surface area contributed by atoms with Crippen molar-refractivity contribution in [2.45, 2.75) is 26.4 Å². The second-order valence-corrected chi connectivity index (χ2v) is 7.16. The Kier molecular flexibility index (Phi) is 5.34. The molecule has 30 heavy (non-hydrogen) atoms. The van der Waals surface area contributed by atoms with Crippen LogP contribution >= 0.6 is 0 Å². The topological polar surface area (TPSA) is 105 Å². The number of hydrogen-bond acceptors (Lipinski definition) is 7. The van der Waals surface area contributed by atoms with Crippen molar-refractivity contribution in [1.82, 2.24) is 19.6 Å². The highest BCUT2D eigenvalue weighted by atomic mass is 19.3. The lowest BCUT2D eigenvalue weighted by Gasteiger charge is -2.13. The number of carbonyl (C=O) groups is 1. The first-order chi connectivity index (χ1) is 14.4. The monoisotopic (exact) mass is 417 g/mol. The Hall–Kier alpha value is -3.50. The summed E-state index contributed by atoms with van der Waals surface area (Å²) in [7, 11) is 1.71. The summed E-state index contributed by atoms with van der Waals surface area (Å²) in [4.78, 5) is 20.6. The molecule has 0 bridgehead atoms. The van der Waals surface area contributed by atoms with Gasteiger partial charge in [0, 0.05) is 25.7 Å². The van der Waals surface area contributed by atoms with Crippen LogP contribution in [-0.4, -0.2) is 39.1 Å². The molecule has 0 aliphatic heterocycles. The van der Waals surface area contributed by atoms with Crippen LogP contribution in [0.25, 0.3) is 5.65 Å². The highest BCUT2D eigenvalue weighted by molar-refractivity contribution is 5.94. The van der Waals surface area contributed by atoms with E-state index in [1.165, 1.54) is 12.4 Å². The van der Waals surface area contributed by atoms with E-state index in [1.54, 1.807) is 29.8 Å². The molecule has 0 spiro atoms. The largest absolute Gasteiger partial charge is 0.415 e. The molecular weight excluding hydrogens is 396 g/mol. The Labute approximate surface area is 170 Å². The Bertz CT molecular complexity index is 1070. The van der Waals surface area contributed by atoms with Crippen molar-refractivity contribution in [3.05, 3.63) is 30.6 Å². The number of fused-ring (bicyclic) bond motifs is 1. The van der Waals surface area contributed by atoms with Crippen molar-refractivity contribution in [2.75, 3.05) is 23.0 Å². The minimum absolute atomic E-state index is 0.0923. The highest BCUT2D eigenvalue weighted by Crippen LogP contribution is 2.40. The number of carbonyl (C=O) groups excluding carboxylic acids is 1. The predicted molar refractivity (Wildman–Crippen MR) is 107 cm³/mol. The number of anilines is 4. The van der Waals surface area contributed by atoms with Crippen molar-refractivity contribution >= 4 is 34.6 Å². The van der Waals surface area contributed by atoms with Gasteiger partial charge in [0.15, 0.2) is 5.65 Å². The third-order valence-corrected chi connectivity index (χ3v) is 4.96. The number of nitrogens with zero attached hydrogens (tertiary/aromatic N) is 4. The molecule has 1 aliphatic rings. The fourth-order valence-electron chi connectivity index (χ4n) is 3.22. The minimum atomic E-state index is -3.01. The zero-order chi connectivity index (χ0) is 21.3. The summed E-state index contributed by atoms with van der Waals surface area (Å²) < 4.78 is 31.3. The van der Waals surface area contributed by atoms with Crippen molar-refractivity contribution < 1.29 is 18.3 Å². The van der Waals surface area contributed by atoms with E-state index in [2.05, 4.69) is 42.7 Å². The van der Waals surface area contributed by atoms with E-state index in [9.17, 15) is 13.6 Å². The zero-order valence-corrected chi connectivity index (χ0v) is 16.4. The summed E-state index contributed by atoms with van der Waals surface area (Å²) in [6.07, 6.45) is 4.40. The van der Waals surface area contributed by atoms with Gasteiger partial charge in [-0.15, -0.1) is 0 Å². The van der Waals surface area contributed by atoms with Gasteiger partial charge in [-0.2, -0.15) is 18.4 Å². The quantitative estimate of drug-likeness (QED) is 0.515. The second-order valence-electron chi connectivity index (χ2n) is 7.16. The fraction of sp³-hybridized carbons (Fsp3) is 0.368. The zero-order valence-electron chi connectivity index (χ0n) is 16.4. The summed E-state index contributed by atoms with van der Waals surface area (Å²) in [6.45, 7) is -0.884. The van der Waals surface area contributed by atoms with Crippen LogP contribution < -0.4 is 20.7 Å². The van der Waals surface area contributed by atoms with Crippen LogP contribution in [0.1, 0.15) is 19.8 Å². The molecule has 3 N–H and O–H groups in total. The number of aromatic nitrogens is 4. The molecule has 1 fully saturated rings. The molecule has 0 aromatic carbocycles. The molecule has 1 aliphatic carbocycles. The molecule has 4 rings (SSSR count).